The lowest BCUT2D eigenvalue weighted by Crippen LogP contribution is -2.19. The standard InChI is InChI=1S/C17H17N3OS/c1-10-4-7-13(8-5-10)18-16(21)20-17-19-15-12(3)11(2)6-9-14(15)22-17/h4-9H,1-3H3,(H2,18,19,20,21). The number of urea groups is 1. The average molecular weight is 311 g/mol. The van der Waals surface area contributed by atoms with Crippen LogP contribution in [0.1, 0.15) is 16.7 Å². The van der Waals surface area contributed by atoms with Gasteiger partial charge in [-0.25, -0.2) is 9.78 Å². The predicted molar refractivity (Wildman–Crippen MR) is 92.9 cm³/mol. The number of amides is 2. The van der Waals surface area contributed by atoms with Gasteiger partial charge in [0.05, 0.1) is 10.2 Å². The SMILES string of the molecule is Cc1ccc(NC(=O)Nc2nc3c(C)c(C)ccc3s2)cc1. The van der Waals surface area contributed by atoms with E-state index in [-0.39, 0.29) is 6.03 Å². The summed E-state index contributed by atoms with van der Waals surface area (Å²) >= 11 is 1.48. The fourth-order valence-electron chi connectivity index (χ4n) is 2.18. The largest absolute Gasteiger partial charge is 0.325 e. The first kappa shape index (κ1) is 14.5. The highest BCUT2D eigenvalue weighted by molar-refractivity contribution is 7.22. The van der Waals surface area contributed by atoms with Crippen LogP contribution in [0.15, 0.2) is 36.4 Å². The Balaban J connectivity index is 1.76. The molecule has 0 aliphatic carbocycles. The molecule has 2 aromatic carbocycles. The van der Waals surface area contributed by atoms with Crippen molar-refractivity contribution in [1.29, 1.82) is 0 Å². The van der Waals surface area contributed by atoms with E-state index >= 15 is 0 Å². The van der Waals surface area contributed by atoms with Crippen molar-refractivity contribution in [1.82, 2.24) is 4.98 Å². The van der Waals surface area contributed by atoms with Gasteiger partial charge in [-0.2, -0.15) is 0 Å². The van der Waals surface area contributed by atoms with Gasteiger partial charge < -0.3 is 5.32 Å². The zero-order chi connectivity index (χ0) is 15.7. The van der Waals surface area contributed by atoms with Crippen LogP contribution < -0.4 is 10.6 Å². The molecule has 4 nitrogen and oxygen atoms in total. The maximum atomic E-state index is 12.0. The summed E-state index contributed by atoms with van der Waals surface area (Å²) in [6.45, 7) is 6.12. The molecule has 0 spiro atoms. The fraction of sp³-hybridized carbons (Fsp3) is 0.176. The number of hydrogen-bond donors (Lipinski definition) is 2. The van der Waals surface area contributed by atoms with Crippen molar-refractivity contribution in [3.8, 4) is 0 Å². The van der Waals surface area contributed by atoms with Crippen LogP contribution in [0.3, 0.4) is 0 Å². The monoisotopic (exact) mass is 311 g/mol. The maximum Gasteiger partial charge on any atom is 0.325 e. The van der Waals surface area contributed by atoms with Gasteiger partial charge >= 0.3 is 6.03 Å². The van der Waals surface area contributed by atoms with Gasteiger partial charge in [-0.05, 0) is 50.1 Å². The number of anilines is 2. The summed E-state index contributed by atoms with van der Waals surface area (Å²) in [7, 11) is 0. The Morgan fingerprint density at radius 2 is 1.73 bits per heavy atom. The number of aromatic nitrogens is 1. The van der Waals surface area contributed by atoms with Gasteiger partial charge in [-0.1, -0.05) is 35.1 Å². The van der Waals surface area contributed by atoms with E-state index in [4.69, 9.17) is 0 Å². The summed E-state index contributed by atoms with van der Waals surface area (Å²) in [4.78, 5) is 16.6. The number of aryl methyl sites for hydroxylation is 3. The molecule has 0 bridgehead atoms. The van der Waals surface area contributed by atoms with Gasteiger partial charge in [0.2, 0.25) is 0 Å². The number of nitrogens with one attached hydrogen (secondary N) is 2. The van der Waals surface area contributed by atoms with Crippen molar-refractivity contribution in [3.63, 3.8) is 0 Å². The molecule has 0 aliphatic heterocycles. The van der Waals surface area contributed by atoms with E-state index in [1.54, 1.807) is 0 Å². The molecule has 2 N–H and O–H groups in total. The van der Waals surface area contributed by atoms with Gasteiger partial charge in [0.1, 0.15) is 0 Å². The molecule has 5 heteroatoms. The van der Waals surface area contributed by atoms with Crippen LogP contribution in [0.25, 0.3) is 10.2 Å². The molecule has 3 rings (SSSR count). The van der Waals surface area contributed by atoms with Crippen LogP contribution in [0.4, 0.5) is 15.6 Å². The summed E-state index contributed by atoms with van der Waals surface area (Å²) < 4.78 is 1.08. The molecule has 112 valence electrons. The first-order valence-electron chi connectivity index (χ1n) is 7.04. The van der Waals surface area contributed by atoms with Crippen LogP contribution in [0.5, 0.6) is 0 Å². The average Bonchev–Trinajstić information content (AvgIpc) is 2.89. The Bertz CT molecular complexity index is 837. The van der Waals surface area contributed by atoms with E-state index in [9.17, 15) is 4.79 Å². The molecular formula is C17H17N3OS. The van der Waals surface area contributed by atoms with Gasteiger partial charge in [0.25, 0.3) is 0 Å². The highest BCUT2D eigenvalue weighted by atomic mass is 32.1. The summed E-state index contributed by atoms with van der Waals surface area (Å²) in [5, 5.41) is 6.21. The number of benzene rings is 2. The molecule has 0 radical (unpaired) electrons. The number of fused-ring (bicyclic) bond motifs is 1. The molecule has 0 fully saturated rings. The number of hydrogen-bond acceptors (Lipinski definition) is 3. The number of carbonyl (C=O) groups excluding carboxylic acids is 1. The van der Waals surface area contributed by atoms with Crippen molar-refractivity contribution in [2.75, 3.05) is 10.6 Å². The van der Waals surface area contributed by atoms with Crippen molar-refractivity contribution in [2.45, 2.75) is 20.8 Å². The Kier molecular flexibility index (Phi) is 3.81. The molecule has 0 atom stereocenters. The molecule has 1 aromatic heterocycles. The number of nitrogens with zero attached hydrogens (tertiary/aromatic N) is 1. The second kappa shape index (κ2) is 5.77. The van der Waals surface area contributed by atoms with E-state index in [1.807, 2.05) is 44.2 Å². The van der Waals surface area contributed by atoms with Crippen molar-refractivity contribution in [3.05, 3.63) is 53.1 Å². The molecular weight excluding hydrogens is 294 g/mol. The van der Waals surface area contributed by atoms with Crippen LogP contribution in [0.2, 0.25) is 0 Å². The van der Waals surface area contributed by atoms with Crippen molar-refractivity contribution < 1.29 is 4.79 Å². The summed E-state index contributed by atoms with van der Waals surface area (Å²) in [5.41, 5.74) is 5.23. The zero-order valence-corrected chi connectivity index (χ0v) is 13.5. The Hall–Kier alpha value is -2.40. The highest BCUT2D eigenvalue weighted by Gasteiger charge is 2.10. The molecule has 22 heavy (non-hydrogen) atoms. The minimum absolute atomic E-state index is 0.280. The van der Waals surface area contributed by atoms with Crippen LogP contribution >= 0.6 is 11.3 Å². The minimum atomic E-state index is -0.280. The molecule has 0 unspecified atom stereocenters. The molecule has 0 saturated heterocycles. The number of thiazole rings is 1. The lowest BCUT2D eigenvalue weighted by molar-refractivity contribution is 0.262. The lowest BCUT2D eigenvalue weighted by atomic mass is 10.1. The third-order valence-electron chi connectivity index (χ3n) is 3.61. The van der Waals surface area contributed by atoms with Gasteiger partial charge in [-0.3, -0.25) is 5.32 Å². The maximum absolute atomic E-state index is 12.0. The third-order valence-corrected chi connectivity index (χ3v) is 4.55. The summed E-state index contributed by atoms with van der Waals surface area (Å²) in [6.07, 6.45) is 0. The van der Waals surface area contributed by atoms with E-state index in [0.717, 1.165) is 27.0 Å². The minimum Gasteiger partial charge on any atom is -0.308 e. The van der Waals surface area contributed by atoms with Gasteiger partial charge in [0, 0.05) is 5.69 Å². The zero-order valence-electron chi connectivity index (χ0n) is 12.7. The molecule has 0 aliphatic rings. The molecule has 0 saturated carbocycles. The van der Waals surface area contributed by atoms with Crippen LogP contribution in [-0.4, -0.2) is 11.0 Å². The number of carbonyl (C=O) groups is 1. The van der Waals surface area contributed by atoms with E-state index in [1.165, 1.54) is 16.9 Å². The third kappa shape index (κ3) is 2.94. The Labute approximate surface area is 133 Å². The molecule has 1 heterocycles. The smallest absolute Gasteiger partial charge is 0.308 e. The Morgan fingerprint density at radius 1 is 1.00 bits per heavy atom. The number of rotatable bonds is 2. The lowest BCUT2D eigenvalue weighted by Gasteiger charge is -2.05. The van der Waals surface area contributed by atoms with E-state index < -0.39 is 0 Å². The first-order valence-corrected chi connectivity index (χ1v) is 7.86. The summed E-state index contributed by atoms with van der Waals surface area (Å²) in [6, 6.07) is 11.5. The second-order valence-corrected chi connectivity index (χ2v) is 6.35. The summed E-state index contributed by atoms with van der Waals surface area (Å²) in [5.74, 6) is 0. The normalized spacial score (nSPS) is 10.7. The van der Waals surface area contributed by atoms with E-state index in [0.29, 0.717) is 5.13 Å². The first-order chi connectivity index (χ1) is 10.5. The van der Waals surface area contributed by atoms with E-state index in [2.05, 4.69) is 28.6 Å². The fourth-order valence-corrected chi connectivity index (χ4v) is 3.10. The van der Waals surface area contributed by atoms with Gasteiger partial charge in [-0.15, -0.1) is 0 Å². The quantitative estimate of drug-likeness (QED) is 0.709. The molecule has 2 amide bonds. The van der Waals surface area contributed by atoms with Crippen LogP contribution in [-0.2, 0) is 0 Å². The Morgan fingerprint density at radius 3 is 2.45 bits per heavy atom. The topological polar surface area (TPSA) is 54.0 Å². The molecule has 3 aromatic rings. The van der Waals surface area contributed by atoms with Crippen LogP contribution in [0, 0.1) is 20.8 Å². The second-order valence-electron chi connectivity index (χ2n) is 5.32. The van der Waals surface area contributed by atoms with Gasteiger partial charge in [0.15, 0.2) is 5.13 Å². The van der Waals surface area contributed by atoms with Crippen molar-refractivity contribution >= 4 is 38.4 Å². The van der Waals surface area contributed by atoms with Crippen molar-refractivity contribution in [2.24, 2.45) is 0 Å². The predicted octanol–water partition coefficient (Wildman–Crippen LogP) is 4.87. The highest BCUT2D eigenvalue weighted by Crippen LogP contribution is 2.29.